The minimum atomic E-state index is 0.591. The average Bonchev–Trinajstić information content (AvgIpc) is 1.98. The van der Waals surface area contributed by atoms with Crippen LogP contribution >= 0.6 is 9.39 Å². The summed E-state index contributed by atoms with van der Waals surface area (Å²) in [7, 11) is 2.56. The number of hydrogen-bond donors (Lipinski definition) is 2. The zero-order valence-electron chi connectivity index (χ0n) is 9.43. The molecule has 2 unspecified atom stereocenters. The SMILES string of the molecule is CC(C)CC(CCNP)NC(C)C. The molecule has 0 radical (unpaired) electrons. The maximum Gasteiger partial charge on any atom is 0.00840 e. The zero-order chi connectivity index (χ0) is 10.3. The van der Waals surface area contributed by atoms with Crippen molar-refractivity contribution in [1.82, 2.24) is 10.4 Å². The summed E-state index contributed by atoms with van der Waals surface area (Å²) in [5, 5.41) is 6.72. The van der Waals surface area contributed by atoms with E-state index in [0.29, 0.717) is 12.1 Å². The van der Waals surface area contributed by atoms with Crippen molar-refractivity contribution in [2.45, 2.75) is 52.6 Å². The Kier molecular flexibility index (Phi) is 7.93. The number of hydrogen-bond acceptors (Lipinski definition) is 2. The van der Waals surface area contributed by atoms with E-state index >= 15 is 0 Å². The van der Waals surface area contributed by atoms with Gasteiger partial charge in [-0.15, -0.1) is 0 Å². The summed E-state index contributed by atoms with van der Waals surface area (Å²) in [4.78, 5) is 0. The molecule has 0 aromatic carbocycles. The molecule has 0 aliphatic heterocycles. The van der Waals surface area contributed by atoms with Crippen molar-refractivity contribution >= 4 is 9.39 Å². The summed E-state index contributed by atoms with van der Waals surface area (Å²) in [5.41, 5.74) is 0. The third-order valence-electron chi connectivity index (χ3n) is 1.96. The highest BCUT2D eigenvalue weighted by Crippen LogP contribution is 2.08. The predicted molar refractivity (Wildman–Crippen MR) is 63.8 cm³/mol. The Morgan fingerprint density at radius 3 is 2.15 bits per heavy atom. The molecule has 0 amide bonds. The smallest absolute Gasteiger partial charge is 0.00840 e. The van der Waals surface area contributed by atoms with Crippen molar-refractivity contribution in [1.29, 1.82) is 0 Å². The molecule has 0 saturated heterocycles. The van der Waals surface area contributed by atoms with Crippen LogP contribution in [0, 0.1) is 5.92 Å². The minimum absolute atomic E-state index is 0.591. The van der Waals surface area contributed by atoms with Gasteiger partial charge in [-0.1, -0.05) is 37.1 Å². The van der Waals surface area contributed by atoms with Crippen LogP contribution in [-0.2, 0) is 0 Å². The van der Waals surface area contributed by atoms with E-state index in [2.05, 4.69) is 47.5 Å². The Hall–Kier alpha value is 0.350. The second kappa shape index (κ2) is 7.73. The van der Waals surface area contributed by atoms with E-state index in [-0.39, 0.29) is 0 Å². The van der Waals surface area contributed by atoms with Crippen molar-refractivity contribution in [2.24, 2.45) is 5.92 Å². The summed E-state index contributed by atoms with van der Waals surface area (Å²) in [6.07, 6.45) is 2.48. The van der Waals surface area contributed by atoms with Gasteiger partial charge in [0.15, 0.2) is 0 Å². The lowest BCUT2D eigenvalue weighted by molar-refractivity contribution is 0.374. The molecule has 0 heterocycles. The second-order valence-electron chi connectivity index (χ2n) is 4.39. The largest absolute Gasteiger partial charge is 0.312 e. The van der Waals surface area contributed by atoms with Crippen molar-refractivity contribution in [3.05, 3.63) is 0 Å². The van der Waals surface area contributed by atoms with Crippen molar-refractivity contribution in [3.8, 4) is 0 Å². The van der Waals surface area contributed by atoms with Crippen LogP contribution in [0.15, 0.2) is 0 Å². The van der Waals surface area contributed by atoms with Crippen LogP contribution in [0.4, 0.5) is 0 Å². The molecular weight excluding hydrogens is 179 g/mol. The van der Waals surface area contributed by atoms with Gasteiger partial charge in [0.05, 0.1) is 0 Å². The summed E-state index contributed by atoms with van der Waals surface area (Å²) >= 11 is 0. The van der Waals surface area contributed by atoms with Crippen molar-refractivity contribution in [3.63, 3.8) is 0 Å². The molecule has 0 bridgehead atoms. The monoisotopic (exact) mass is 204 g/mol. The van der Waals surface area contributed by atoms with E-state index in [4.69, 9.17) is 0 Å². The fourth-order valence-corrected chi connectivity index (χ4v) is 1.73. The highest BCUT2D eigenvalue weighted by atomic mass is 31.0. The van der Waals surface area contributed by atoms with Crippen LogP contribution in [-0.4, -0.2) is 18.6 Å². The first-order valence-corrected chi connectivity index (χ1v) is 5.83. The first kappa shape index (κ1) is 13.4. The molecule has 3 heteroatoms. The lowest BCUT2D eigenvalue weighted by atomic mass is 10.0. The topological polar surface area (TPSA) is 24.1 Å². The molecule has 0 aromatic rings. The fraction of sp³-hybridized carbons (Fsp3) is 1.00. The summed E-state index contributed by atoms with van der Waals surface area (Å²) in [5.74, 6) is 0.778. The molecule has 2 nitrogen and oxygen atoms in total. The van der Waals surface area contributed by atoms with Gasteiger partial charge in [0.2, 0.25) is 0 Å². The maximum absolute atomic E-state index is 3.60. The van der Waals surface area contributed by atoms with Crippen LogP contribution in [0.25, 0.3) is 0 Å². The molecule has 0 fully saturated rings. The third kappa shape index (κ3) is 8.67. The van der Waals surface area contributed by atoms with Gasteiger partial charge >= 0.3 is 0 Å². The van der Waals surface area contributed by atoms with Crippen LogP contribution < -0.4 is 10.4 Å². The molecule has 0 rings (SSSR count). The van der Waals surface area contributed by atoms with Gasteiger partial charge < -0.3 is 10.4 Å². The Morgan fingerprint density at radius 1 is 1.15 bits per heavy atom. The van der Waals surface area contributed by atoms with Gasteiger partial charge in [-0.05, 0) is 18.8 Å². The summed E-state index contributed by atoms with van der Waals surface area (Å²) < 4.78 is 0. The Morgan fingerprint density at radius 2 is 1.77 bits per heavy atom. The van der Waals surface area contributed by atoms with Gasteiger partial charge in [-0.3, -0.25) is 0 Å². The highest BCUT2D eigenvalue weighted by Gasteiger charge is 2.10. The van der Waals surface area contributed by atoms with Gasteiger partial charge in [0.25, 0.3) is 0 Å². The van der Waals surface area contributed by atoms with Crippen molar-refractivity contribution in [2.75, 3.05) is 6.54 Å². The van der Waals surface area contributed by atoms with Gasteiger partial charge in [-0.2, -0.15) is 0 Å². The average molecular weight is 204 g/mol. The molecular formula is C10H25N2P. The van der Waals surface area contributed by atoms with Gasteiger partial charge in [0, 0.05) is 18.6 Å². The Balaban J connectivity index is 3.73. The molecule has 0 spiro atoms. The fourth-order valence-electron chi connectivity index (χ4n) is 1.57. The van der Waals surface area contributed by atoms with Crippen LogP contribution in [0.5, 0.6) is 0 Å². The van der Waals surface area contributed by atoms with Crippen molar-refractivity contribution < 1.29 is 0 Å². The minimum Gasteiger partial charge on any atom is -0.312 e. The van der Waals surface area contributed by atoms with Crippen LogP contribution in [0.2, 0.25) is 0 Å². The molecule has 13 heavy (non-hydrogen) atoms. The lowest BCUT2D eigenvalue weighted by Gasteiger charge is -2.22. The van der Waals surface area contributed by atoms with E-state index < -0.39 is 0 Å². The zero-order valence-corrected chi connectivity index (χ0v) is 10.6. The lowest BCUT2D eigenvalue weighted by Crippen LogP contribution is -2.37. The van der Waals surface area contributed by atoms with E-state index in [0.717, 1.165) is 12.5 Å². The van der Waals surface area contributed by atoms with Crippen LogP contribution in [0.3, 0.4) is 0 Å². The van der Waals surface area contributed by atoms with Gasteiger partial charge in [-0.25, -0.2) is 0 Å². The normalized spacial score (nSPS) is 14.1. The van der Waals surface area contributed by atoms with Crippen LogP contribution in [0.1, 0.15) is 40.5 Å². The summed E-state index contributed by atoms with van der Waals surface area (Å²) in [6.45, 7) is 10.1. The highest BCUT2D eigenvalue weighted by molar-refractivity contribution is 7.13. The molecule has 2 N–H and O–H groups in total. The standard InChI is InChI=1S/C10H25N2P/c1-8(2)7-10(5-6-11-13)12-9(3)4/h8-12H,5-7,13H2,1-4H3. The molecule has 0 aromatic heterocycles. The quantitative estimate of drug-likeness (QED) is 0.621. The molecule has 0 aliphatic carbocycles. The maximum atomic E-state index is 3.60. The molecule has 0 saturated carbocycles. The number of rotatable bonds is 7. The first-order chi connectivity index (χ1) is 6.06. The van der Waals surface area contributed by atoms with E-state index in [1.165, 1.54) is 12.8 Å². The first-order valence-electron chi connectivity index (χ1n) is 5.25. The van der Waals surface area contributed by atoms with E-state index in [9.17, 15) is 0 Å². The molecule has 2 atom stereocenters. The second-order valence-corrected chi connectivity index (χ2v) is 4.80. The number of nitrogens with one attached hydrogen (secondary N) is 2. The third-order valence-corrected chi connectivity index (χ3v) is 2.25. The predicted octanol–water partition coefficient (Wildman–Crippen LogP) is 2.17. The summed E-state index contributed by atoms with van der Waals surface area (Å²) in [6, 6.07) is 1.25. The van der Waals surface area contributed by atoms with E-state index in [1.807, 2.05) is 0 Å². The van der Waals surface area contributed by atoms with E-state index in [1.54, 1.807) is 0 Å². The Bertz CT molecular complexity index is 105. The van der Waals surface area contributed by atoms with Gasteiger partial charge in [0.1, 0.15) is 0 Å². The molecule has 80 valence electrons. The molecule has 0 aliphatic rings. The Labute approximate surface area is 85.5 Å².